The molecule has 0 aromatic heterocycles. The Morgan fingerprint density at radius 3 is 2.64 bits per heavy atom. The molecule has 0 heterocycles. The van der Waals surface area contributed by atoms with Gasteiger partial charge in [-0.1, -0.05) is 19.1 Å². The molecule has 0 fully saturated rings. The van der Waals surface area contributed by atoms with Gasteiger partial charge in [-0.25, -0.2) is 4.79 Å². The van der Waals surface area contributed by atoms with Gasteiger partial charge in [0.25, 0.3) is 0 Å². The van der Waals surface area contributed by atoms with Gasteiger partial charge in [-0.05, 0) is 24.5 Å². The van der Waals surface area contributed by atoms with Gasteiger partial charge < -0.3 is 5.11 Å². The molecular formula is C11H11NO2. The van der Waals surface area contributed by atoms with E-state index in [4.69, 9.17) is 10.4 Å². The van der Waals surface area contributed by atoms with E-state index in [2.05, 4.69) is 0 Å². The Kier molecular flexibility index (Phi) is 2.88. The van der Waals surface area contributed by atoms with E-state index in [0.717, 1.165) is 0 Å². The maximum atomic E-state index is 11.0. The van der Waals surface area contributed by atoms with Crippen molar-refractivity contribution in [2.24, 2.45) is 0 Å². The second kappa shape index (κ2) is 3.93. The van der Waals surface area contributed by atoms with Gasteiger partial charge in [0.2, 0.25) is 0 Å². The van der Waals surface area contributed by atoms with Crippen LogP contribution in [0.15, 0.2) is 12.1 Å². The van der Waals surface area contributed by atoms with Crippen LogP contribution in [-0.2, 0) is 6.42 Å². The molecule has 14 heavy (non-hydrogen) atoms. The number of benzene rings is 1. The lowest BCUT2D eigenvalue weighted by atomic mass is 9.96. The first kappa shape index (κ1) is 10.3. The standard InChI is InChI=1S/C11H11NO2/c1-3-8-5-4-7(2)9(6-12)10(8)11(13)14/h4-5H,3H2,1-2H3,(H,13,14). The maximum absolute atomic E-state index is 11.0. The Balaban J connectivity index is 3.54. The summed E-state index contributed by atoms with van der Waals surface area (Å²) in [6.45, 7) is 3.61. The van der Waals surface area contributed by atoms with Gasteiger partial charge in [-0.15, -0.1) is 0 Å². The maximum Gasteiger partial charge on any atom is 0.337 e. The van der Waals surface area contributed by atoms with Crippen LogP contribution in [0.3, 0.4) is 0 Å². The molecule has 0 saturated carbocycles. The first-order valence-corrected chi connectivity index (χ1v) is 4.37. The number of nitriles is 1. The minimum atomic E-state index is -1.03. The van der Waals surface area contributed by atoms with E-state index in [1.165, 1.54) is 0 Å². The molecule has 0 unspecified atom stereocenters. The summed E-state index contributed by atoms with van der Waals surface area (Å²) >= 11 is 0. The summed E-state index contributed by atoms with van der Waals surface area (Å²) in [5, 5.41) is 17.8. The fourth-order valence-corrected chi connectivity index (χ4v) is 1.43. The topological polar surface area (TPSA) is 61.1 Å². The summed E-state index contributed by atoms with van der Waals surface area (Å²) in [6, 6.07) is 5.48. The van der Waals surface area contributed by atoms with Crippen LogP contribution >= 0.6 is 0 Å². The number of carboxylic acid groups (broad SMARTS) is 1. The van der Waals surface area contributed by atoms with Crippen molar-refractivity contribution in [1.82, 2.24) is 0 Å². The average Bonchev–Trinajstić information content (AvgIpc) is 2.17. The number of hydrogen-bond donors (Lipinski definition) is 1. The summed E-state index contributed by atoms with van der Waals surface area (Å²) in [5.41, 5.74) is 1.84. The summed E-state index contributed by atoms with van der Waals surface area (Å²) in [5.74, 6) is -1.03. The van der Waals surface area contributed by atoms with Gasteiger partial charge >= 0.3 is 5.97 Å². The van der Waals surface area contributed by atoms with Crippen LogP contribution in [0.25, 0.3) is 0 Å². The van der Waals surface area contributed by atoms with Gasteiger partial charge in [0.05, 0.1) is 11.1 Å². The molecule has 0 bridgehead atoms. The smallest absolute Gasteiger partial charge is 0.337 e. The molecule has 3 heteroatoms. The monoisotopic (exact) mass is 189 g/mol. The van der Waals surface area contributed by atoms with Gasteiger partial charge in [-0.2, -0.15) is 5.26 Å². The first-order valence-electron chi connectivity index (χ1n) is 4.37. The van der Waals surface area contributed by atoms with Crippen molar-refractivity contribution >= 4 is 5.97 Å². The minimum absolute atomic E-state index is 0.148. The van der Waals surface area contributed by atoms with E-state index in [-0.39, 0.29) is 11.1 Å². The largest absolute Gasteiger partial charge is 0.478 e. The van der Waals surface area contributed by atoms with Crippen LogP contribution < -0.4 is 0 Å². The van der Waals surface area contributed by atoms with Crippen LogP contribution in [0, 0.1) is 18.3 Å². The van der Waals surface area contributed by atoms with Crippen molar-refractivity contribution in [3.05, 3.63) is 34.4 Å². The average molecular weight is 189 g/mol. The van der Waals surface area contributed by atoms with Crippen molar-refractivity contribution in [3.8, 4) is 6.07 Å². The number of carbonyl (C=O) groups is 1. The highest BCUT2D eigenvalue weighted by Gasteiger charge is 2.15. The summed E-state index contributed by atoms with van der Waals surface area (Å²) < 4.78 is 0. The van der Waals surface area contributed by atoms with E-state index in [0.29, 0.717) is 17.5 Å². The predicted octanol–water partition coefficient (Wildman–Crippen LogP) is 2.13. The molecule has 0 atom stereocenters. The highest BCUT2D eigenvalue weighted by molar-refractivity contribution is 5.92. The highest BCUT2D eigenvalue weighted by atomic mass is 16.4. The molecule has 0 aliphatic rings. The molecule has 72 valence electrons. The van der Waals surface area contributed by atoms with Crippen molar-refractivity contribution < 1.29 is 9.90 Å². The zero-order chi connectivity index (χ0) is 10.7. The second-order valence-corrected chi connectivity index (χ2v) is 3.06. The second-order valence-electron chi connectivity index (χ2n) is 3.06. The SMILES string of the molecule is CCc1ccc(C)c(C#N)c1C(=O)O. The molecule has 0 aliphatic heterocycles. The molecule has 0 saturated heterocycles. The quantitative estimate of drug-likeness (QED) is 0.775. The molecule has 0 spiro atoms. The van der Waals surface area contributed by atoms with E-state index in [1.54, 1.807) is 19.1 Å². The van der Waals surface area contributed by atoms with Crippen molar-refractivity contribution in [3.63, 3.8) is 0 Å². The number of rotatable bonds is 2. The fraction of sp³-hybridized carbons (Fsp3) is 0.273. The normalized spacial score (nSPS) is 9.50. The van der Waals surface area contributed by atoms with Crippen molar-refractivity contribution in [2.75, 3.05) is 0 Å². The van der Waals surface area contributed by atoms with Gasteiger partial charge in [0.15, 0.2) is 0 Å². The summed E-state index contributed by atoms with van der Waals surface area (Å²) in [7, 11) is 0. The Morgan fingerprint density at radius 2 is 2.21 bits per heavy atom. The Morgan fingerprint density at radius 1 is 1.57 bits per heavy atom. The van der Waals surface area contributed by atoms with Crippen LogP contribution in [0.2, 0.25) is 0 Å². The van der Waals surface area contributed by atoms with Crippen LogP contribution in [-0.4, -0.2) is 11.1 Å². The lowest BCUT2D eigenvalue weighted by Gasteiger charge is -2.07. The van der Waals surface area contributed by atoms with Crippen LogP contribution in [0.1, 0.15) is 34.0 Å². The summed E-state index contributed by atoms with van der Waals surface area (Å²) in [4.78, 5) is 11.0. The fourth-order valence-electron chi connectivity index (χ4n) is 1.43. The Hall–Kier alpha value is -1.82. The third-order valence-corrected chi connectivity index (χ3v) is 2.21. The van der Waals surface area contributed by atoms with E-state index in [1.807, 2.05) is 13.0 Å². The van der Waals surface area contributed by atoms with Gasteiger partial charge in [0.1, 0.15) is 6.07 Å². The van der Waals surface area contributed by atoms with E-state index >= 15 is 0 Å². The molecule has 1 rings (SSSR count). The molecule has 3 nitrogen and oxygen atoms in total. The molecule has 0 amide bonds. The van der Waals surface area contributed by atoms with Crippen molar-refractivity contribution in [2.45, 2.75) is 20.3 Å². The number of hydrogen-bond acceptors (Lipinski definition) is 2. The van der Waals surface area contributed by atoms with Crippen LogP contribution in [0.4, 0.5) is 0 Å². The number of nitrogens with zero attached hydrogens (tertiary/aromatic N) is 1. The third kappa shape index (κ3) is 1.60. The number of carboxylic acids is 1. The third-order valence-electron chi connectivity index (χ3n) is 2.21. The highest BCUT2D eigenvalue weighted by Crippen LogP contribution is 2.18. The lowest BCUT2D eigenvalue weighted by Crippen LogP contribution is -2.06. The predicted molar refractivity (Wildman–Crippen MR) is 52.2 cm³/mol. The number of aromatic carboxylic acids is 1. The molecule has 1 aromatic rings. The number of aryl methyl sites for hydroxylation is 2. The Bertz CT molecular complexity index is 416. The zero-order valence-electron chi connectivity index (χ0n) is 8.16. The first-order chi connectivity index (χ1) is 6.61. The molecule has 0 radical (unpaired) electrons. The molecule has 0 aliphatic carbocycles. The van der Waals surface area contributed by atoms with Gasteiger partial charge in [-0.3, -0.25) is 0 Å². The van der Waals surface area contributed by atoms with Gasteiger partial charge in [0, 0.05) is 0 Å². The summed E-state index contributed by atoms with van der Waals surface area (Å²) in [6.07, 6.45) is 0.622. The molecular weight excluding hydrogens is 178 g/mol. The molecule has 1 N–H and O–H groups in total. The molecule has 1 aromatic carbocycles. The lowest BCUT2D eigenvalue weighted by molar-refractivity contribution is 0.0695. The zero-order valence-corrected chi connectivity index (χ0v) is 8.16. The van der Waals surface area contributed by atoms with Crippen molar-refractivity contribution in [1.29, 1.82) is 5.26 Å². The Labute approximate surface area is 82.6 Å². The minimum Gasteiger partial charge on any atom is -0.478 e. The van der Waals surface area contributed by atoms with E-state index < -0.39 is 5.97 Å². The van der Waals surface area contributed by atoms with E-state index in [9.17, 15) is 4.79 Å². The van der Waals surface area contributed by atoms with Crippen LogP contribution in [0.5, 0.6) is 0 Å².